The lowest BCUT2D eigenvalue weighted by molar-refractivity contribution is -0.120. The van der Waals surface area contributed by atoms with E-state index in [1.165, 1.54) is 24.3 Å². The van der Waals surface area contributed by atoms with E-state index in [-0.39, 0.29) is 23.5 Å². The molecule has 1 atom stereocenters. The highest BCUT2D eigenvalue weighted by Gasteiger charge is 2.27. The summed E-state index contributed by atoms with van der Waals surface area (Å²) in [6, 6.07) is 12.9. The van der Waals surface area contributed by atoms with Crippen LogP contribution in [0.25, 0.3) is 0 Å². The Balaban J connectivity index is 1.83. The number of ether oxygens (including phenoxy) is 1. The summed E-state index contributed by atoms with van der Waals surface area (Å²) in [6.45, 7) is 2.67. The van der Waals surface area contributed by atoms with E-state index in [9.17, 15) is 13.2 Å². The van der Waals surface area contributed by atoms with Gasteiger partial charge in [-0.1, -0.05) is 29.3 Å². The molecule has 2 aromatic carbocycles. The molecule has 1 amide bonds. The van der Waals surface area contributed by atoms with E-state index in [2.05, 4.69) is 5.32 Å². The van der Waals surface area contributed by atoms with Crippen LogP contribution in [0.4, 0.5) is 5.69 Å². The minimum atomic E-state index is -3.93. The van der Waals surface area contributed by atoms with Crippen molar-refractivity contribution in [3.63, 3.8) is 0 Å². The van der Waals surface area contributed by atoms with Gasteiger partial charge in [0, 0.05) is 18.2 Å². The quantitative estimate of drug-likeness (QED) is 0.743. The largest absolute Gasteiger partial charge is 0.376 e. The number of benzene rings is 2. The molecule has 0 unspecified atom stereocenters. The van der Waals surface area contributed by atoms with Crippen molar-refractivity contribution in [1.29, 1.82) is 0 Å². The highest BCUT2D eigenvalue weighted by Crippen LogP contribution is 2.25. The van der Waals surface area contributed by atoms with Crippen LogP contribution in [0.3, 0.4) is 0 Å². The van der Waals surface area contributed by atoms with E-state index < -0.39 is 10.0 Å². The lowest BCUT2D eigenvalue weighted by atomic mass is 10.2. The first kappa shape index (κ1) is 20.6. The number of aryl methyl sites for hydroxylation is 1. The fourth-order valence-electron chi connectivity index (χ4n) is 2.98. The van der Waals surface area contributed by atoms with Gasteiger partial charge < -0.3 is 10.1 Å². The summed E-state index contributed by atoms with van der Waals surface area (Å²) in [6.07, 6.45) is 1.86. The van der Waals surface area contributed by atoms with Crippen molar-refractivity contribution in [2.75, 3.05) is 24.0 Å². The van der Waals surface area contributed by atoms with E-state index in [0.717, 1.165) is 22.7 Å². The van der Waals surface area contributed by atoms with Gasteiger partial charge in [-0.2, -0.15) is 0 Å². The predicted octanol–water partition coefficient (Wildman–Crippen LogP) is 3.14. The third-order valence-electron chi connectivity index (χ3n) is 4.56. The lowest BCUT2D eigenvalue weighted by Crippen LogP contribution is -2.42. The fourth-order valence-corrected chi connectivity index (χ4v) is 4.53. The van der Waals surface area contributed by atoms with Crippen LogP contribution < -0.4 is 9.62 Å². The first-order valence-electron chi connectivity index (χ1n) is 9.09. The molecule has 0 aromatic heterocycles. The molecule has 150 valence electrons. The maximum atomic E-state index is 13.2. The number of hydrogen-bond donors (Lipinski definition) is 1. The predicted molar refractivity (Wildman–Crippen MR) is 109 cm³/mol. The van der Waals surface area contributed by atoms with E-state index in [4.69, 9.17) is 16.3 Å². The highest BCUT2D eigenvalue weighted by atomic mass is 35.5. The second kappa shape index (κ2) is 8.94. The summed E-state index contributed by atoms with van der Waals surface area (Å²) < 4.78 is 33.0. The number of halogens is 1. The SMILES string of the molecule is Cc1ccc(N(CC(=O)NC[C@@H]2CCCO2)S(=O)(=O)c2ccc(Cl)cc2)cc1. The number of amides is 1. The first-order valence-corrected chi connectivity index (χ1v) is 10.9. The smallest absolute Gasteiger partial charge is 0.264 e. The molecule has 3 rings (SSSR count). The van der Waals surface area contributed by atoms with Gasteiger partial charge in [0.2, 0.25) is 5.91 Å². The van der Waals surface area contributed by atoms with E-state index in [1.807, 2.05) is 19.1 Å². The maximum Gasteiger partial charge on any atom is 0.264 e. The Labute approximate surface area is 170 Å². The summed E-state index contributed by atoms with van der Waals surface area (Å²) in [5, 5.41) is 3.22. The van der Waals surface area contributed by atoms with Gasteiger partial charge in [0.1, 0.15) is 6.54 Å². The average Bonchev–Trinajstić information content (AvgIpc) is 3.19. The Morgan fingerprint density at radius 3 is 2.46 bits per heavy atom. The van der Waals surface area contributed by atoms with Gasteiger partial charge in [-0.15, -0.1) is 0 Å². The van der Waals surface area contributed by atoms with Gasteiger partial charge in [-0.25, -0.2) is 8.42 Å². The Hall–Kier alpha value is -2.09. The Bertz CT molecular complexity index is 908. The Morgan fingerprint density at radius 2 is 1.86 bits per heavy atom. The molecule has 1 heterocycles. The maximum absolute atomic E-state index is 13.2. The number of sulfonamides is 1. The lowest BCUT2D eigenvalue weighted by Gasteiger charge is -2.24. The summed E-state index contributed by atoms with van der Waals surface area (Å²) in [5.74, 6) is -0.381. The van der Waals surface area contributed by atoms with Gasteiger partial charge in [0.25, 0.3) is 10.0 Å². The fraction of sp³-hybridized carbons (Fsp3) is 0.350. The van der Waals surface area contributed by atoms with Crippen LogP contribution in [0.1, 0.15) is 18.4 Å². The van der Waals surface area contributed by atoms with Gasteiger partial charge in [-0.05, 0) is 56.2 Å². The molecule has 1 aliphatic rings. The van der Waals surface area contributed by atoms with E-state index in [0.29, 0.717) is 23.9 Å². The molecule has 0 radical (unpaired) electrons. The van der Waals surface area contributed by atoms with Gasteiger partial charge in [-0.3, -0.25) is 9.10 Å². The van der Waals surface area contributed by atoms with Crippen LogP contribution in [0.5, 0.6) is 0 Å². The van der Waals surface area contributed by atoms with Crippen LogP contribution in [-0.4, -0.2) is 40.1 Å². The number of hydrogen-bond acceptors (Lipinski definition) is 4. The number of anilines is 1. The second-order valence-electron chi connectivity index (χ2n) is 6.74. The molecule has 6 nitrogen and oxygen atoms in total. The molecule has 1 N–H and O–H groups in total. The molecule has 2 aromatic rings. The number of rotatable bonds is 7. The number of nitrogens with one attached hydrogen (secondary N) is 1. The number of carbonyl (C=O) groups excluding carboxylic acids is 1. The van der Waals surface area contributed by atoms with Crippen molar-refractivity contribution in [2.45, 2.75) is 30.8 Å². The summed E-state index contributed by atoms with van der Waals surface area (Å²) in [7, 11) is -3.93. The molecular weight excluding hydrogens is 400 g/mol. The molecular formula is C20H23ClN2O4S. The van der Waals surface area contributed by atoms with Crippen molar-refractivity contribution < 1.29 is 17.9 Å². The van der Waals surface area contributed by atoms with E-state index >= 15 is 0 Å². The molecule has 1 fully saturated rings. The van der Waals surface area contributed by atoms with Crippen LogP contribution in [0.15, 0.2) is 53.4 Å². The van der Waals surface area contributed by atoms with Gasteiger partial charge in [0.05, 0.1) is 16.7 Å². The number of nitrogens with zero attached hydrogens (tertiary/aromatic N) is 1. The second-order valence-corrected chi connectivity index (χ2v) is 9.04. The zero-order chi connectivity index (χ0) is 20.1. The minimum Gasteiger partial charge on any atom is -0.376 e. The molecule has 0 spiro atoms. The molecule has 1 aliphatic heterocycles. The highest BCUT2D eigenvalue weighted by molar-refractivity contribution is 7.92. The van der Waals surface area contributed by atoms with Crippen molar-refractivity contribution in [3.8, 4) is 0 Å². The third-order valence-corrected chi connectivity index (χ3v) is 6.60. The molecule has 0 aliphatic carbocycles. The normalized spacial score (nSPS) is 16.7. The van der Waals surface area contributed by atoms with Crippen LogP contribution in [0, 0.1) is 6.92 Å². The van der Waals surface area contributed by atoms with Crippen LogP contribution in [-0.2, 0) is 19.6 Å². The van der Waals surface area contributed by atoms with Crippen LogP contribution in [0.2, 0.25) is 5.02 Å². The van der Waals surface area contributed by atoms with Crippen molar-refractivity contribution in [2.24, 2.45) is 0 Å². The van der Waals surface area contributed by atoms with E-state index in [1.54, 1.807) is 12.1 Å². The first-order chi connectivity index (χ1) is 13.4. The van der Waals surface area contributed by atoms with Crippen molar-refractivity contribution in [1.82, 2.24) is 5.32 Å². The molecule has 0 bridgehead atoms. The van der Waals surface area contributed by atoms with Crippen LogP contribution >= 0.6 is 11.6 Å². The Kier molecular flexibility index (Phi) is 6.59. The standard InChI is InChI=1S/C20H23ClN2O4S/c1-15-4-8-17(9-5-15)23(14-20(24)22-13-18-3-2-12-27-18)28(25,26)19-10-6-16(21)7-11-19/h4-11,18H,2-3,12-14H2,1H3,(H,22,24)/t18-/m0/s1. The summed E-state index contributed by atoms with van der Waals surface area (Å²) >= 11 is 5.88. The topological polar surface area (TPSA) is 75.7 Å². The summed E-state index contributed by atoms with van der Waals surface area (Å²) in [4.78, 5) is 12.6. The van der Waals surface area contributed by atoms with Gasteiger partial charge in [0.15, 0.2) is 0 Å². The monoisotopic (exact) mass is 422 g/mol. The van der Waals surface area contributed by atoms with Gasteiger partial charge >= 0.3 is 0 Å². The van der Waals surface area contributed by atoms with Crippen molar-refractivity contribution >= 4 is 33.2 Å². The molecule has 28 heavy (non-hydrogen) atoms. The Morgan fingerprint density at radius 1 is 1.18 bits per heavy atom. The van der Waals surface area contributed by atoms with Crippen molar-refractivity contribution in [3.05, 3.63) is 59.1 Å². The molecule has 8 heteroatoms. The molecule has 0 saturated carbocycles. The number of carbonyl (C=O) groups is 1. The minimum absolute atomic E-state index is 0.00959. The average molecular weight is 423 g/mol. The zero-order valence-corrected chi connectivity index (χ0v) is 17.2. The zero-order valence-electron chi connectivity index (χ0n) is 15.6. The third kappa shape index (κ3) is 5.04. The summed E-state index contributed by atoms with van der Waals surface area (Å²) in [5.41, 5.74) is 1.42. The molecule has 1 saturated heterocycles.